The Bertz CT molecular complexity index is 608. The molecule has 1 unspecified atom stereocenters. The lowest BCUT2D eigenvalue weighted by molar-refractivity contribution is 0.234. The summed E-state index contributed by atoms with van der Waals surface area (Å²) < 4.78 is 5.90. The third-order valence-corrected chi connectivity index (χ3v) is 5.24. The van der Waals surface area contributed by atoms with Gasteiger partial charge in [0, 0.05) is 29.4 Å². The molecule has 20 heavy (non-hydrogen) atoms. The van der Waals surface area contributed by atoms with Crippen molar-refractivity contribution in [2.45, 2.75) is 53.1 Å². The van der Waals surface area contributed by atoms with Gasteiger partial charge in [-0.15, -0.1) is 11.3 Å². The van der Waals surface area contributed by atoms with E-state index >= 15 is 0 Å². The van der Waals surface area contributed by atoms with E-state index in [4.69, 9.17) is 4.42 Å². The summed E-state index contributed by atoms with van der Waals surface area (Å²) >= 11 is 1.84. The van der Waals surface area contributed by atoms with E-state index < -0.39 is 0 Å². The van der Waals surface area contributed by atoms with Crippen LogP contribution in [0.1, 0.15) is 53.8 Å². The van der Waals surface area contributed by atoms with Crippen LogP contribution in [0.4, 0.5) is 0 Å². The van der Waals surface area contributed by atoms with Crippen LogP contribution >= 0.6 is 11.3 Å². The maximum atomic E-state index is 5.90. The third-order valence-electron chi connectivity index (χ3n) is 4.21. The van der Waals surface area contributed by atoms with E-state index in [0.717, 1.165) is 18.7 Å². The van der Waals surface area contributed by atoms with E-state index in [1.807, 2.05) is 18.3 Å². The molecular weight excluding hydrogens is 266 g/mol. The molecule has 0 amide bonds. The number of fused-ring (bicyclic) bond motifs is 1. The molecule has 2 heterocycles. The molecule has 1 atom stereocenters. The van der Waals surface area contributed by atoms with Crippen molar-refractivity contribution < 1.29 is 4.42 Å². The highest BCUT2D eigenvalue weighted by molar-refractivity contribution is 7.10. The second-order valence-electron chi connectivity index (χ2n) is 6.74. The number of hydrogen-bond donors (Lipinski definition) is 1. The molecule has 0 bridgehead atoms. The van der Waals surface area contributed by atoms with Crippen molar-refractivity contribution in [2.24, 2.45) is 5.41 Å². The summed E-state index contributed by atoms with van der Waals surface area (Å²) in [6.45, 7) is 9.85. The van der Waals surface area contributed by atoms with Gasteiger partial charge in [0.05, 0.1) is 0 Å². The van der Waals surface area contributed by atoms with Crippen LogP contribution in [0.15, 0.2) is 21.9 Å². The number of furan rings is 1. The minimum Gasteiger partial charge on any atom is -0.466 e. The zero-order valence-corrected chi connectivity index (χ0v) is 13.6. The number of aryl methyl sites for hydroxylation is 2. The van der Waals surface area contributed by atoms with E-state index in [9.17, 15) is 0 Å². The van der Waals surface area contributed by atoms with Crippen molar-refractivity contribution >= 4 is 11.3 Å². The predicted octanol–water partition coefficient (Wildman–Crippen LogP) is 4.76. The fraction of sp³-hybridized carbons (Fsp3) is 0.529. The Kier molecular flexibility index (Phi) is 3.51. The van der Waals surface area contributed by atoms with Crippen LogP contribution < -0.4 is 5.32 Å². The Hall–Kier alpha value is -1.06. The van der Waals surface area contributed by atoms with Crippen LogP contribution in [0.2, 0.25) is 0 Å². The van der Waals surface area contributed by atoms with Gasteiger partial charge in [-0.3, -0.25) is 0 Å². The van der Waals surface area contributed by atoms with E-state index in [1.165, 1.54) is 28.2 Å². The van der Waals surface area contributed by atoms with E-state index in [2.05, 4.69) is 43.6 Å². The summed E-state index contributed by atoms with van der Waals surface area (Å²) in [6, 6.07) is 4.82. The molecule has 0 saturated carbocycles. The Morgan fingerprint density at radius 2 is 2.20 bits per heavy atom. The summed E-state index contributed by atoms with van der Waals surface area (Å²) in [6.07, 6.45) is 2.22. The molecule has 3 heteroatoms. The average Bonchev–Trinajstić information content (AvgIpc) is 2.90. The number of hydrogen-bond acceptors (Lipinski definition) is 3. The van der Waals surface area contributed by atoms with Gasteiger partial charge in [0.15, 0.2) is 0 Å². The highest BCUT2D eigenvalue weighted by Crippen LogP contribution is 2.42. The van der Waals surface area contributed by atoms with Crippen molar-refractivity contribution in [1.82, 2.24) is 5.32 Å². The summed E-state index contributed by atoms with van der Waals surface area (Å²) in [5, 5.41) is 5.91. The van der Waals surface area contributed by atoms with Gasteiger partial charge in [-0.05, 0) is 48.8 Å². The molecule has 0 aromatic carbocycles. The number of rotatable bonds is 3. The van der Waals surface area contributed by atoms with Crippen molar-refractivity contribution in [3.05, 3.63) is 45.0 Å². The minimum atomic E-state index is 0.305. The lowest BCUT2D eigenvalue weighted by Gasteiger charge is -2.34. The van der Waals surface area contributed by atoms with Crippen molar-refractivity contribution in [3.63, 3.8) is 0 Å². The van der Waals surface area contributed by atoms with Gasteiger partial charge >= 0.3 is 0 Å². The molecule has 2 aromatic rings. The molecule has 2 aromatic heterocycles. The molecule has 0 radical (unpaired) electrons. The van der Waals surface area contributed by atoms with Crippen LogP contribution in [0.3, 0.4) is 0 Å². The highest BCUT2D eigenvalue weighted by Gasteiger charge is 2.34. The van der Waals surface area contributed by atoms with Gasteiger partial charge in [-0.1, -0.05) is 13.8 Å². The molecule has 1 aliphatic rings. The zero-order chi connectivity index (χ0) is 14.3. The standard InChI is InChI=1S/C17H23NOS/c1-11-5-6-20-16(11)10-18-14-8-17(3,4)9-15-13(14)7-12(2)19-15/h5-7,14,18H,8-10H2,1-4H3. The Morgan fingerprint density at radius 3 is 2.90 bits per heavy atom. The molecule has 2 nitrogen and oxygen atoms in total. The fourth-order valence-corrected chi connectivity index (χ4v) is 4.02. The second-order valence-corrected chi connectivity index (χ2v) is 7.74. The van der Waals surface area contributed by atoms with E-state index in [-0.39, 0.29) is 0 Å². The lowest BCUT2D eigenvalue weighted by atomic mass is 9.74. The fourth-order valence-electron chi connectivity index (χ4n) is 3.17. The maximum Gasteiger partial charge on any atom is 0.109 e. The first-order valence-electron chi connectivity index (χ1n) is 7.30. The minimum absolute atomic E-state index is 0.305. The van der Waals surface area contributed by atoms with Crippen LogP contribution in [-0.2, 0) is 13.0 Å². The van der Waals surface area contributed by atoms with Crippen LogP contribution in [-0.4, -0.2) is 0 Å². The molecule has 0 spiro atoms. The van der Waals surface area contributed by atoms with Gasteiger partial charge < -0.3 is 9.73 Å². The molecule has 0 saturated heterocycles. The normalized spacial score (nSPS) is 20.9. The molecule has 3 rings (SSSR count). The van der Waals surface area contributed by atoms with Crippen molar-refractivity contribution in [3.8, 4) is 0 Å². The number of nitrogens with one attached hydrogen (secondary N) is 1. The third kappa shape index (κ3) is 2.70. The SMILES string of the molecule is Cc1cc2c(o1)CC(C)(C)CC2NCc1sccc1C. The van der Waals surface area contributed by atoms with Gasteiger partial charge in [0.2, 0.25) is 0 Å². The van der Waals surface area contributed by atoms with E-state index in [0.29, 0.717) is 11.5 Å². The number of thiophene rings is 1. The Morgan fingerprint density at radius 1 is 1.40 bits per heavy atom. The Balaban J connectivity index is 1.80. The van der Waals surface area contributed by atoms with Crippen LogP contribution in [0, 0.1) is 19.3 Å². The first-order chi connectivity index (χ1) is 9.44. The molecule has 1 aliphatic carbocycles. The topological polar surface area (TPSA) is 25.2 Å². The predicted molar refractivity (Wildman–Crippen MR) is 84.2 cm³/mol. The molecule has 0 fully saturated rings. The van der Waals surface area contributed by atoms with Crippen LogP contribution in [0.25, 0.3) is 0 Å². The van der Waals surface area contributed by atoms with Gasteiger partial charge in [0.25, 0.3) is 0 Å². The summed E-state index contributed by atoms with van der Waals surface area (Å²) in [7, 11) is 0. The quantitative estimate of drug-likeness (QED) is 0.881. The first-order valence-corrected chi connectivity index (χ1v) is 8.18. The second kappa shape index (κ2) is 5.05. The van der Waals surface area contributed by atoms with Gasteiger partial charge in [-0.2, -0.15) is 0 Å². The maximum absolute atomic E-state index is 5.90. The van der Waals surface area contributed by atoms with Gasteiger partial charge in [-0.25, -0.2) is 0 Å². The van der Waals surface area contributed by atoms with Crippen molar-refractivity contribution in [2.75, 3.05) is 0 Å². The lowest BCUT2D eigenvalue weighted by Crippen LogP contribution is -2.32. The van der Waals surface area contributed by atoms with Crippen molar-refractivity contribution in [1.29, 1.82) is 0 Å². The zero-order valence-electron chi connectivity index (χ0n) is 12.7. The summed E-state index contributed by atoms with van der Waals surface area (Å²) in [5.74, 6) is 2.21. The monoisotopic (exact) mass is 289 g/mol. The first kappa shape index (κ1) is 13.9. The molecule has 108 valence electrons. The van der Waals surface area contributed by atoms with Crippen LogP contribution in [0.5, 0.6) is 0 Å². The molecule has 0 aliphatic heterocycles. The molecular formula is C17H23NOS. The smallest absolute Gasteiger partial charge is 0.109 e. The summed E-state index contributed by atoms with van der Waals surface area (Å²) in [5.41, 5.74) is 3.07. The molecule has 1 N–H and O–H groups in total. The summed E-state index contributed by atoms with van der Waals surface area (Å²) in [4.78, 5) is 1.44. The average molecular weight is 289 g/mol. The van der Waals surface area contributed by atoms with Gasteiger partial charge in [0.1, 0.15) is 11.5 Å². The largest absolute Gasteiger partial charge is 0.466 e. The van der Waals surface area contributed by atoms with E-state index in [1.54, 1.807) is 0 Å². The Labute approximate surface area is 125 Å². The highest BCUT2D eigenvalue weighted by atomic mass is 32.1.